The number of rotatable bonds is 17. The quantitative estimate of drug-likeness (QED) is 0.105. The number of hydrogen-bond acceptors (Lipinski definition) is 4. The minimum Gasteiger partial charge on any atom is -0.492 e. The van der Waals surface area contributed by atoms with E-state index in [1.807, 2.05) is 48.5 Å². The van der Waals surface area contributed by atoms with Crippen LogP contribution in [-0.4, -0.2) is 17.6 Å². The Morgan fingerprint density at radius 1 is 0.676 bits per heavy atom. The van der Waals surface area contributed by atoms with E-state index in [-0.39, 0.29) is 5.97 Å². The van der Waals surface area contributed by atoms with Crippen molar-refractivity contribution in [2.45, 2.75) is 90.9 Å². The maximum absolute atomic E-state index is 12.5. The van der Waals surface area contributed by atoms with Crippen molar-refractivity contribution in [1.82, 2.24) is 4.98 Å². The second-order valence-corrected chi connectivity index (χ2v) is 9.77. The molecule has 3 rings (SSSR count). The van der Waals surface area contributed by atoms with Crippen LogP contribution in [0.15, 0.2) is 66.9 Å². The van der Waals surface area contributed by atoms with Crippen molar-refractivity contribution in [1.29, 1.82) is 0 Å². The van der Waals surface area contributed by atoms with Gasteiger partial charge in [0.2, 0.25) is 0 Å². The summed E-state index contributed by atoms with van der Waals surface area (Å²) in [7, 11) is 0. The molecular weight excluding hydrogens is 458 g/mol. The molecule has 0 aliphatic carbocycles. The molecule has 0 aliphatic rings. The highest BCUT2D eigenvalue weighted by Gasteiger charge is 2.09. The lowest BCUT2D eigenvalue weighted by Gasteiger charge is -2.08. The van der Waals surface area contributed by atoms with E-state index in [1.165, 1.54) is 69.8 Å². The molecule has 1 aromatic heterocycles. The van der Waals surface area contributed by atoms with Crippen LogP contribution in [0.2, 0.25) is 0 Å². The van der Waals surface area contributed by atoms with Gasteiger partial charge < -0.3 is 9.47 Å². The Labute approximate surface area is 223 Å². The molecule has 0 saturated carbocycles. The molecule has 0 amide bonds. The van der Waals surface area contributed by atoms with E-state index in [2.05, 4.69) is 18.8 Å². The second-order valence-electron chi connectivity index (χ2n) is 9.77. The molecule has 0 spiro atoms. The molecule has 4 heteroatoms. The van der Waals surface area contributed by atoms with Gasteiger partial charge in [0.15, 0.2) is 0 Å². The summed E-state index contributed by atoms with van der Waals surface area (Å²) in [6, 6.07) is 19.1. The molecule has 0 unspecified atom stereocenters. The van der Waals surface area contributed by atoms with Crippen molar-refractivity contribution in [3.05, 3.63) is 78.0 Å². The fourth-order valence-corrected chi connectivity index (χ4v) is 4.31. The number of benzene rings is 2. The van der Waals surface area contributed by atoms with Crippen LogP contribution in [0.4, 0.5) is 0 Å². The van der Waals surface area contributed by atoms with Gasteiger partial charge in [0.05, 0.1) is 24.1 Å². The molecule has 2 aromatic carbocycles. The Morgan fingerprint density at radius 2 is 1.30 bits per heavy atom. The summed E-state index contributed by atoms with van der Waals surface area (Å²) in [5.74, 6) is 0.976. The topological polar surface area (TPSA) is 48.4 Å². The Hall–Kier alpha value is -3.14. The van der Waals surface area contributed by atoms with E-state index >= 15 is 0 Å². The Bertz CT molecular complexity index is 1030. The average molecular weight is 502 g/mol. The summed E-state index contributed by atoms with van der Waals surface area (Å²) in [5.41, 5.74) is 3.64. The van der Waals surface area contributed by atoms with Crippen LogP contribution in [0.3, 0.4) is 0 Å². The van der Waals surface area contributed by atoms with Crippen molar-refractivity contribution in [3.63, 3.8) is 0 Å². The number of esters is 1. The standard InChI is InChI=1S/C33H43NO3/c1-3-5-7-8-9-10-11-13-25-36-31-23-24-32(34-26-31)28-19-21-30(22-20-28)37-33(35)29-17-15-27(16-18-29)14-12-6-4-2/h15-24,26H,3-14,25H2,1-2H3. The van der Waals surface area contributed by atoms with E-state index in [0.29, 0.717) is 11.3 Å². The van der Waals surface area contributed by atoms with Crippen molar-refractivity contribution in [2.24, 2.45) is 0 Å². The predicted molar refractivity (Wildman–Crippen MR) is 152 cm³/mol. The molecule has 0 atom stereocenters. The molecule has 0 aliphatic heterocycles. The number of aromatic nitrogens is 1. The van der Waals surface area contributed by atoms with Gasteiger partial charge in [0.1, 0.15) is 11.5 Å². The molecule has 198 valence electrons. The molecule has 1 heterocycles. The fourth-order valence-electron chi connectivity index (χ4n) is 4.31. The zero-order valence-electron chi connectivity index (χ0n) is 22.7. The maximum Gasteiger partial charge on any atom is 0.343 e. The molecular formula is C33H43NO3. The molecule has 0 saturated heterocycles. The lowest BCUT2D eigenvalue weighted by molar-refractivity contribution is 0.0734. The third-order valence-corrected chi connectivity index (χ3v) is 6.62. The molecule has 0 radical (unpaired) electrons. The fraction of sp³-hybridized carbons (Fsp3) is 0.455. The minimum atomic E-state index is -0.344. The van der Waals surface area contributed by atoms with Crippen LogP contribution in [-0.2, 0) is 6.42 Å². The molecule has 0 N–H and O–H groups in total. The first kappa shape index (κ1) is 28.4. The van der Waals surface area contributed by atoms with E-state index in [9.17, 15) is 4.79 Å². The average Bonchev–Trinajstić information content (AvgIpc) is 2.93. The number of pyridine rings is 1. The second kappa shape index (κ2) is 16.6. The number of ether oxygens (including phenoxy) is 2. The number of aryl methyl sites for hydroxylation is 1. The van der Waals surface area contributed by atoms with E-state index in [4.69, 9.17) is 9.47 Å². The Kier molecular flexibility index (Phi) is 12.7. The van der Waals surface area contributed by atoms with Gasteiger partial charge in [-0.3, -0.25) is 4.98 Å². The largest absolute Gasteiger partial charge is 0.492 e. The molecule has 37 heavy (non-hydrogen) atoms. The van der Waals surface area contributed by atoms with Crippen LogP contribution in [0, 0.1) is 0 Å². The number of hydrogen-bond donors (Lipinski definition) is 0. The van der Waals surface area contributed by atoms with Gasteiger partial charge in [-0.05, 0) is 73.4 Å². The zero-order chi connectivity index (χ0) is 26.1. The van der Waals surface area contributed by atoms with Gasteiger partial charge >= 0.3 is 5.97 Å². The predicted octanol–water partition coefficient (Wildman–Crippen LogP) is 9.22. The summed E-state index contributed by atoms with van der Waals surface area (Å²) >= 11 is 0. The number of nitrogens with zero attached hydrogens (tertiary/aromatic N) is 1. The monoisotopic (exact) mass is 501 g/mol. The first-order chi connectivity index (χ1) is 18.2. The molecule has 4 nitrogen and oxygen atoms in total. The Balaban J connectivity index is 1.40. The van der Waals surface area contributed by atoms with Crippen molar-refractivity contribution in [3.8, 4) is 22.8 Å². The van der Waals surface area contributed by atoms with Gasteiger partial charge in [-0.15, -0.1) is 0 Å². The summed E-state index contributed by atoms with van der Waals surface area (Å²) in [4.78, 5) is 17.1. The van der Waals surface area contributed by atoms with Gasteiger partial charge in [-0.1, -0.05) is 83.8 Å². The van der Waals surface area contributed by atoms with Crippen LogP contribution < -0.4 is 9.47 Å². The maximum atomic E-state index is 12.5. The van der Waals surface area contributed by atoms with Gasteiger partial charge in [-0.25, -0.2) is 4.79 Å². The van der Waals surface area contributed by atoms with Crippen LogP contribution in [0.1, 0.15) is 100 Å². The van der Waals surface area contributed by atoms with Crippen molar-refractivity contribution >= 4 is 5.97 Å². The van der Waals surface area contributed by atoms with Crippen molar-refractivity contribution in [2.75, 3.05) is 6.61 Å². The van der Waals surface area contributed by atoms with E-state index < -0.39 is 0 Å². The van der Waals surface area contributed by atoms with E-state index in [1.54, 1.807) is 18.3 Å². The summed E-state index contributed by atoms with van der Waals surface area (Å²) in [6.07, 6.45) is 16.8. The zero-order valence-corrected chi connectivity index (χ0v) is 22.7. The highest BCUT2D eigenvalue weighted by atomic mass is 16.5. The van der Waals surface area contributed by atoms with Crippen LogP contribution >= 0.6 is 0 Å². The number of carbonyl (C=O) groups is 1. The molecule has 0 bridgehead atoms. The first-order valence-electron chi connectivity index (χ1n) is 14.2. The van der Waals surface area contributed by atoms with Gasteiger partial charge in [-0.2, -0.15) is 0 Å². The smallest absolute Gasteiger partial charge is 0.343 e. The Morgan fingerprint density at radius 3 is 1.95 bits per heavy atom. The number of carbonyl (C=O) groups excluding carboxylic acids is 1. The third kappa shape index (κ3) is 10.4. The van der Waals surface area contributed by atoms with E-state index in [0.717, 1.165) is 36.5 Å². The lowest BCUT2D eigenvalue weighted by atomic mass is 10.1. The summed E-state index contributed by atoms with van der Waals surface area (Å²) in [6.45, 7) is 5.19. The van der Waals surface area contributed by atoms with Crippen LogP contribution in [0.25, 0.3) is 11.3 Å². The molecule has 0 fully saturated rings. The van der Waals surface area contributed by atoms with Crippen LogP contribution in [0.5, 0.6) is 11.5 Å². The van der Waals surface area contributed by atoms with Crippen molar-refractivity contribution < 1.29 is 14.3 Å². The third-order valence-electron chi connectivity index (χ3n) is 6.62. The van der Waals surface area contributed by atoms with Gasteiger partial charge in [0.25, 0.3) is 0 Å². The highest BCUT2D eigenvalue weighted by Crippen LogP contribution is 2.23. The van der Waals surface area contributed by atoms with Gasteiger partial charge in [0, 0.05) is 5.56 Å². The first-order valence-corrected chi connectivity index (χ1v) is 14.2. The normalized spacial score (nSPS) is 10.9. The lowest BCUT2D eigenvalue weighted by Crippen LogP contribution is -2.08. The number of unbranched alkanes of at least 4 members (excludes halogenated alkanes) is 9. The summed E-state index contributed by atoms with van der Waals surface area (Å²) in [5, 5.41) is 0. The minimum absolute atomic E-state index is 0.344. The summed E-state index contributed by atoms with van der Waals surface area (Å²) < 4.78 is 11.4. The highest BCUT2D eigenvalue weighted by molar-refractivity contribution is 5.91. The molecule has 3 aromatic rings. The SMILES string of the molecule is CCCCCCCCCCOc1ccc(-c2ccc(OC(=O)c3ccc(CCCCC)cc3)cc2)nc1.